The van der Waals surface area contributed by atoms with Crippen molar-refractivity contribution < 1.29 is 18.7 Å². The molecule has 1 fully saturated rings. The van der Waals surface area contributed by atoms with Crippen LogP contribution in [0.2, 0.25) is 0 Å². The monoisotopic (exact) mass is 384 g/mol. The van der Waals surface area contributed by atoms with E-state index in [-0.39, 0.29) is 24.5 Å². The molecule has 1 N–H and O–H groups in total. The third-order valence-corrected chi connectivity index (χ3v) is 5.07. The number of ether oxygens (including phenoxy) is 1. The van der Waals surface area contributed by atoms with Crippen LogP contribution in [0, 0.1) is 19.7 Å². The molecule has 5 nitrogen and oxygen atoms in total. The number of amides is 2. The second-order valence-corrected chi connectivity index (χ2v) is 7.18. The number of halogens is 1. The Balaban J connectivity index is 1.44. The molecule has 28 heavy (non-hydrogen) atoms. The molecular weight excluding hydrogens is 359 g/mol. The molecular formula is C22H25FN2O3. The van der Waals surface area contributed by atoms with Gasteiger partial charge in [0.25, 0.3) is 11.8 Å². The number of hydrogen-bond donors (Lipinski definition) is 1. The van der Waals surface area contributed by atoms with E-state index < -0.39 is 5.82 Å². The van der Waals surface area contributed by atoms with Gasteiger partial charge in [-0.2, -0.15) is 0 Å². The van der Waals surface area contributed by atoms with Crippen LogP contribution in [-0.4, -0.2) is 42.5 Å². The lowest BCUT2D eigenvalue weighted by atomic mass is 10.0. The Morgan fingerprint density at radius 1 is 1.11 bits per heavy atom. The van der Waals surface area contributed by atoms with Gasteiger partial charge in [0, 0.05) is 24.7 Å². The Labute approximate surface area is 164 Å². The van der Waals surface area contributed by atoms with Gasteiger partial charge in [0.15, 0.2) is 6.61 Å². The summed E-state index contributed by atoms with van der Waals surface area (Å²) < 4.78 is 18.9. The molecule has 0 spiro atoms. The van der Waals surface area contributed by atoms with E-state index in [1.54, 1.807) is 11.0 Å². The first-order valence-electron chi connectivity index (χ1n) is 9.46. The average molecular weight is 384 g/mol. The van der Waals surface area contributed by atoms with Crippen molar-refractivity contribution in [1.29, 1.82) is 0 Å². The van der Waals surface area contributed by atoms with E-state index >= 15 is 0 Å². The number of rotatable bonds is 5. The van der Waals surface area contributed by atoms with E-state index in [0.717, 1.165) is 5.56 Å². The van der Waals surface area contributed by atoms with E-state index in [4.69, 9.17) is 4.74 Å². The van der Waals surface area contributed by atoms with E-state index in [1.807, 2.05) is 32.0 Å². The Bertz CT molecular complexity index is 861. The van der Waals surface area contributed by atoms with E-state index in [0.29, 0.717) is 37.2 Å². The average Bonchev–Trinajstić information content (AvgIpc) is 2.69. The van der Waals surface area contributed by atoms with Crippen molar-refractivity contribution in [2.75, 3.05) is 19.7 Å². The minimum absolute atomic E-state index is 0.00686. The normalized spacial score (nSPS) is 14.6. The lowest BCUT2D eigenvalue weighted by Gasteiger charge is -2.32. The first-order chi connectivity index (χ1) is 13.4. The third kappa shape index (κ3) is 5.09. The second kappa shape index (κ2) is 8.87. The van der Waals surface area contributed by atoms with E-state index in [9.17, 15) is 14.0 Å². The minimum atomic E-state index is -0.420. The molecule has 2 aromatic carbocycles. The maximum atomic E-state index is 13.3. The minimum Gasteiger partial charge on any atom is -0.484 e. The number of nitrogens with zero attached hydrogens (tertiary/aromatic N) is 1. The molecule has 1 saturated heterocycles. The van der Waals surface area contributed by atoms with Crippen LogP contribution in [0.1, 0.15) is 34.3 Å². The van der Waals surface area contributed by atoms with Gasteiger partial charge in [0.05, 0.1) is 0 Å². The highest BCUT2D eigenvalue weighted by Crippen LogP contribution is 2.17. The van der Waals surface area contributed by atoms with Crippen molar-refractivity contribution in [1.82, 2.24) is 10.2 Å². The molecule has 0 radical (unpaired) electrons. The predicted octanol–water partition coefficient (Wildman–Crippen LogP) is 3.24. The molecule has 0 saturated carbocycles. The number of hydrogen-bond acceptors (Lipinski definition) is 3. The van der Waals surface area contributed by atoms with Gasteiger partial charge in [-0.3, -0.25) is 9.59 Å². The zero-order chi connectivity index (χ0) is 20.1. The number of nitrogens with one attached hydrogen (secondary N) is 1. The van der Waals surface area contributed by atoms with Gasteiger partial charge >= 0.3 is 0 Å². The lowest BCUT2D eigenvalue weighted by molar-refractivity contribution is -0.124. The topological polar surface area (TPSA) is 58.6 Å². The largest absolute Gasteiger partial charge is 0.484 e. The van der Waals surface area contributed by atoms with Crippen LogP contribution in [0.15, 0.2) is 42.5 Å². The molecule has 3 rings (SSSR count). The number of piperidine rings is 1. The maximum Gasteiger partial charge on any atom is 0.258 e. The summed E-state index contributed by atoms with van der Waals surface area (Å²) in [7, 11) is 0. The number of aryl methyl sites for hydroxylation is 2. The Morgan fingerprint density at radius 3 is 2.54 bits per heavy atom. The zero-order valence-corrected chi connectivity index (χ0v) is 16.2. The highest BCUT2D eigenvalue weighted by molar-refractivity contribution is 5.94. The van der Waals surface area contributed by atoms with Gasteiger partial charge in [0.1, 0.15) is 11.6 Å². The van der Waals surface area contributed by atoms with Crippen molar-refractivity contribution >= 4 is 11.8 Å². The molecule has 0 atom stereocenters. The molecule has 0 aliphatic carbocycles. The Morgan fingerprint density at radius 2 is 1.86 bits per heavy atom. The van der Waals surface area contributed by atoms with Crippen molar-refractivity contribution in [2.24, 2.45) is 0 Å². The molecule has 6 heteroatoms. The van der Waals surface area contributed by atoms with Gasteiger partial charge in [0.2, 0.25) is 0 Å². The SMILES string of the molecule is Cc1ccc(OCC(=O)NC2CCN(C(=O)c3cccc(F)c3)CC2)cc1C. The Kier molecular flexibility index (Phi) is 6.29. The summed E-state index contributed by atoms with van der Waals surface area (Å²) in [5.74, 6) is -0.0963. The standard InChI is InChI=1S/C22H25FN2O3/c1-15-6-7-20(12-16(15)2)28-14-21(26)24-19-8-10-25(11-9-19)22(27)17-4-3-5-18(23)13-17/h3-7,12-13,19H,8-11,14H2,1-2H3,(H,24,26). The van der Waals surface area contributed by atoms with Gasteiger partial charge < -0.3 is 15.0 Å². The fourth-order valence-corrected chi connectivity index (χ4v) is 3.25. The number of carbonyl (C=O) groups is 2. The number of likely N-dealkylation sites (tertiary alicyclic amines) is 1. The molecule has 1 heterocycles. The molecule has 0 aromatic heterocycles. The van der Waals surface area contributed by atoms with Gasteiger partial charge in [-0.15, -0.1) is 0 Å². The summed E-state index contributed by atoms with van der Waals surface area (Å²) in [6, 6.07) is 11.5. The highest BCUT2D eigenvalue weighted by Gasteiger charge is 2.24. The van der Waals surface area contributed by atoms with Gasteiger partial charge in [-0.05, 0) is 68.1 Å². The molecule has 0 bridgehead atoms. The molecule has 2 aromatic rings. The van der Waals surface area contributed by atoms with Crippen molar-refractivity contribution in [3.8, 4) is 5.75 Å². The summed E-state index contributed by atoms with van der Waals surface area (Å²) in [6.45, 7) is 5.04. The quantitative estimate of drug-likeness (QED) is 0.861. The third-order valence-electron chi connectivity index (χ3n) is 5.07. The molecule has 1 aliphatic rings. The van der Waals surface area contributed by atoms with Gasteiger partial charge in [-0.25, -0.2) is 4.39 Å². The van der Waals surface area contributed by atoms with Crippen LogP contribution in [-0.2, 0) is 4.79 Å². The highest BCUT2D eigenvalue weighted by atomic mass is 19.1. The fraction of sp³-hybridized carbons (Fsp3) is 0.364. The number of benzene rings is 2. The van der Waals surface area contributed by atoms with Crippen LogP contribution in [0.3, 0.4) is 0 Å². The second-order valence-electron chi connectivity index (χ2n) is 7.18. The van der Waals surface area contributed by atoms with Crippen LogP contribution in [0.25, 0.3) is 0 Å². The van der Waals surface area contributed by atoms with Crippen molar-refractivity contribution in [3.63, 3.8) is 0 Å². The first kappa shape index (κ1) is 19.9. The van der Waals surface area contributed by atoms with Crippen molar-refractivity contribution in [2.45, 2.75) is 32.7 Å². The van der Waals surface area contributed by atoms with Crippen LogP contribution < -0.4 is 10.1 Å². The fourth-order valence-electron chi connectivity index (χ4n) is 3.25. The summed E-state index contributed by atoms with van der Waals surface area (Å²) in [5, 5.41) is 2.96. The van der Waals surface area contributed by atoms with Gasteiger partial charge in [-0.1, -0.05) is 12.1 Å². The summed E-state index contributed by atoms with van der Waals surface area (Å²) in [5.41, 5.74) is 2.65. The van der Waals surface area contributed by atoms with Crippen LogP contribution >= 0.6 is 0 Å². The predicted molar refractivity (Wildman–Crippen MR) is 105 cm³/mol. The van der Waals surface area contributed by atoms with Crippen LogP contribution in [0.5, 0.6) is 5.75 Å². The van der Waals surface area contributed by atoms with E-state index in [1.165, 1.54) is 23.8 Å². The lowest BCUT2D eigenvalue weighted by Crippen LogP contribution is -2.47. The first-order valence-corrected chi connectivity index (χ1v) is 9.46. The van der Waals surface area contributed by atoms with E-state index in [2.05, 4.69) is 5.32 Å². The maximum absolute atomic E-state index is 13.3. The summed E-state index contributed by atoms with van der Waals surface area (Å²) >= 11 is 0. The molecule has 2 amide bonds. The summed E-state index contributed by atoms with van der Waals surface area (Å²) in [4.78, 5) is 26.3. The summed E-state index contributed by atoms with van der Waals surface area (Å²) in [6.07, 6.45) is 1.33. The van der Waals surface area contributed by atoms with Crippen molar-refractivity contribution in [3.05, 3.63) is 65.0 Å². The Hall–Kier alpha value is -2.89. The molecule has 0 unspecified atom stereocenters. The smallest absolute Gasteiger partial charge is 0.258 e. The number of carbonyl (C=O) groups excluding carboxylic acids is 2. The van der Waals surface area contributed by atoms with Crippen LogP contribution in [0.4, 0.5) is 4.39 Å². The molecule has 1 aliphatic heterocycles. The molecule has 148 valence electrons. The zero-order valence-electron chi connectivity index (χ0n) is 16.2.